The Bertz CT molecular complexity index is 1150. The lowest BCUT2D eigenvalue weighted by molar-refractivity contribution is -0.171. The SMILES string of the molecule is Cn1nnc2cc(CNC(=O)C3CC(C(F)(F)F)CN3C(=O)C(N)CCNC(=O)C3CCCC3)ccc21. The first-order valence-corrected chi connectivity index (χ1v) is 12.5. The number of amides is 3. The second kappa shape index (κ2) is 11.0. The molecule has 4 rings (SSSR count). The van der Waals surface area contributed by atoms with Gasteiger partial charge in [-0.1, -0.05) is 24.1 Å². The summed E-state index contributed by atoms with van der Waals surface area (Å²) in [6.07, 6.45) is -1.36. The van der Waals surface area contributed by atoms with Gasteiger partial charge in [0.2, 0.25) is 17.7 Å². The second-order valence-electron chi connectivity index (χ2n) is 9.90. The van der Waals surface area contributed by atoms with Gasteiger partial charge < -0.3 is 21.3 Å². The van der Waals surface area contributed by atoms with Crippen LogP contribution in [0.2, 0.25) is 0 Å². The molecule has 1 aromatic carbocycles. The number of fused-ring (bicyclic) bond motifs is 1. The first-order chi connectivity index (χ1) is 17.5. The molecule has 10 nitrogen and oxygen atoms in total. The summed E-state index contributed by atoms with van der Waals surface area (Å²) in [7, 11) is 1.74. The predicted molar refractivity (Wildman–Crippen MR) is 128 cm³/mol. The Labute approximate surface area is 212 Å². The van der Waals surface area contributed by atoms with Crippen molar-refractivity contribution < 1.29 is 27.6 Å². The summed E-state index contributed by atoms with van der Waals surface area (Å²) in [5.41, 5.74) is 8.11. The minimum atomic E-state index is -4.55. The van der Waals surface area contributed by atoms with E-state index in [1.807, 2.05) is 0 Å². The van der Waals surface area contributed by atoms with E-state index in [0.717, 1.165) is 36.1 Å². The van der Waals surface area contributed by atoms with Gasteiger partial charge in [-0.3, -0.25) is 14.4 Å². The van der Waals surface area contributed by atoms with Gasteiger partial charge in [0.15, 0.2) is 0 Å². The van der Waals surface area contributed by atoms with Crippen molar-refractivity contribution >= 4 is 28.8 Å². The molecule has 0 radical (unpaired) electrons. The Balaban J connectivity index is 1.36. The third-order valence-corrected chi connectivity index (χ3v) is 7.29. The number of carbonyl (C=O) groups excluding carboxylic acids is 3. The molecular weight excluding hydrogens is 491 g/mol. The van der Waals surface area contributed by atoms with Crippen LogP contribution in [-0.4, -0.2) is 69.0 Å². The molecule has 2 aromatic rings. The van der Waals surface area contributed by atoms with Gasteiger partial charge >= 0.3 is 6.18 Å². The van der Waals surface area contributed by atoms with E-state index < -0.39 is 49.0 Å². The Hall–Kier alpha value is -3.22. The molecule has 3 amide bonds. The number of hydrogen-bond donors (Lipinski definition) is 3. The van der Waals surface area contributed by atoms with Gasteiger partial charge in [0.05, 0.1) is 17.5 Å². The van der Waals surface area contributed by atoms with Crippen molar-refractivity contribution in [2.45, 2.75) is 63.3 Å². The minimum absolute atomic E-state index is 0.0409. The molecule has 2 heterocycles. The highest BCUT2D eigenvalue weighted by atomic mass is 19.4. The second-order valence-corrected chi connectivity index (χ2v) is 9.90. The van der Waals surface area contributed by atoms with Crippen LogP contribution in [0.4, 0.5) is 13.2 Å². The first kappa shape index (κ1) is 26.8. The van der Waals surface area contributed by atoms with Crippen LogP contribution in [0.15, 0.2) is 18.2 Å². The average Bonchev–Trinajstić information content (AvgIpc) is 3.62. The van der Waals surface area contributed by atoms with Crippen LogP contribution in [-0.2, 0) is 28.0 Å². The molecule has 0 bridgehead atoms. The van der Waals surface area contributed by atoms with Crippen LogP contribution in [0.5, 0.6) is 0 Å². The molecular formula is C24H32F3N7O3. The van der Waals surface area contributed by atoms with Gasteiger partial charge in [-0.25, -0.2) is 4.68 Å². The quantitative estimate of drug-likeness (QED) is 0.479. The van der Waals surface area contributed by atoms with Crippen LogP contribution in [0.1, 0.15) is 44.1 Å². The number of alkyl halides is 3. The minimum Gasteiger partial charge on any atom is -0.356 e. The smallest absolute Gasteiger partial charge is 0.356 e. The molecule has 3 atom stereocenters. The zero-order valence-electron chi connectivity index (χ0n) is 20.6. The van der Waals surface area contributed by atoms with Gasteiger partial charge in [-0.05, 0) is 43.4 Å². The third kappa shape index (κ3) is 6.20. The zero-order chi connectivity index (χ0) is 26.7. The van der Waals surface area contributed by atoms with Crippen molar-refractivity contribution in [1.29, 1.82) is 0 Å². The Morgan fingerprint density at radius 2 is 1.89 bits per heavy atom. The largest absolute Gasteiger partial charge is 0.393 e. The molecule has 0 spiro atoms. The molecule has 1 aliphatic carbocycles. The molecule has 1 saturated carbocycles. The fraction of sp³-hybridized carbons (Fsp3) is 0.625. The fourth-order valence-electron chi connectivity index (χ4n) is 5.09. The number of aryl methyl sites for hydroxylation is 1. The topological polar surface area (TPSA) is 135 Å². The summed E-state index contributed by atoms with van der Waals surface area (Å²) in [4.78, 5) is 39.1. The van der Waals surface area contributed by atoms with Crippen LogP contribution < -0.4 is 16.4 Å². The molecule has 1 saturated heterocycles. The maximum absolute atomic E-state index is 13.5. The molecule has 2 fully saturated rings. The van der Waals surface area contributed by atoms with E-state index in [0.29, 0.717) is 11.1 Å². The average molecular weight is 524 g/mol. The number of rotatable bonds is 8. The number of likely N-dealkylation sites (tertiary alicyclic amines) is 1. The number of nitrogens with two attached hydrogens (primary N) is 1. The van der Waals surface area contributed by atoms with E-state index in [2.05, 4.69) is 20.9 Å². The Morgan fingerprint density at radius 1 is 1.16 bits per heavy atom. The summed E-state index contributed by atoms with van der Waals surface area (Å²) >= 11 is 0. The van der Waals surface area contributed by atoms with Crippen molar-refractivity contribution in [3.8, 4) is 0 Å². The van der Waals surface area contributed by atoms with E-state index in [9.17, 15) is 27.6 Å². The normalized spacial score (nSPS) is 21.4. The highest BCUT2D eigenvalue weighted by Crippen LogP contribution is 2.37. The maximum Gasteiger partial charge on any atom is 0.393 e. The number of carbonyl (C=O) groups is 3. The van der Waals surface area contributed by atoms with E-state index in [-0.39, 0.29) is 31.3 Å². The lowest BCUT2D eigenvalue weighted by Crippen LogP contribution is -2.51. The number of hydrogen-bond acceptors (Lipinski definition) is 6. The molecule has 13 heteroatoms. The molecule has 4 N–H and O–H groups in total. The van der Waals surface area contributed by atoms with Crippen LogP contribution in [0.25, 0.3) is 11.0 Å². The lowest BCUT2D eigenvalue weighted by Gasteiger charge is -2.27. The van der Waals surface area contributed by atoms with Crippen molar-refractivity contribution in [2.75, 3.05) is 13.1 Å². The fourth-order valence-corrected chi connectivity index (χ4v) is 5.09. The summed E-state index contributed by atoms with van der Waals surface area (Å²) < 4.78 is 42.1. The van der Waals surface area contributed by atoms with Crippen molar-refractivity contribution in [1.82, 2.24) is 30.5 Å². The highest BCUT2D eigenvalue weighted by Gasteiger charge is 2.51. The number of aromatic nitrogens is 3. The van der Waals surface area contributed by atoms with E-state index in [1.54, 1.807) is 29.9 Å². The van der Waals surface area contributed by atoms with Gasteiger partial charge in [-0.2, -0.15) is 13.2 Å². The molecule has 37 heavy (non-hydrogen) atoms. The lowest BCUT2D eigenvalue weighted by atomic mass is 10.0. The van der Waals surface area contributed by atoms with Gasteiger partial charge in [0.1, 0.15) is 11.6 Å². The molecule has 1 aromatic heterocycles. The third-order valence-electron chi connectivity index (χ3n) is 7.29. The van der Waals surface area contributed by atoms with Gasteiger partial charge in [0, 0.05) is 32.6 Å². The summed E-state index contributed by atoms with van der Waals surface area (Å²) in [5, 5.41) is 13.3. The molecule has 3 unspecified atom stereocenters. The molecule has 1 aliphatic heterocycles. The van der Waals surface area contributed by atoms with Gasteiger partial charge in [-0.15, -0.1) is 5.10 Å². The first-order valence-electron chi connectivity index (χ1n) is 12.5. The number of benzene rings is 1. The molecule has 2 aliphatic rings. The van der Waals surface area contributed by atoms with Crippen LogP contribution in [0.3, 0.4) is 0 Å². The zero-order valence-corrected chi connectivity index (χ0v) is 20.6. The maximum atomic E-state index is 13.5. The van der Waals surface area contributed by atoms with Crippen LogP contribution >= 0.6 is 0 Å². The number of nitrogens with zero attached hydrogens (tertiary/aromatic N) is 4. The Morgan fingerprint density at radius 3 is 2.59 bits per heavy atom. The van der Waals surface area contributed by atoms with E-state index in [1.165, 1.54) is 0 Å². The summed E-state index contributed by atoms with van der Waals surface area (Å²) in [6.45, 7) is -0.436. The summed E-state index contributed by atoms with van der Waals surface area (Å²) in [5.74, 6) is -3.37. The van der Waals surface area contributed by atoms with E-state index in [4.69, 9.17) is 5.73 Å². The highest BCUT2D eigenvalue weighted by molar-refractivity contribution is 5.90. The van der Waals surface area contributed by atoms with E-state index >= 15 is 0 Å². The van der Waals surface area contributed by atoms with Gasteiger partial charge in [0.25, 0.3) is 0 Å². The molecule has 202 valence electrons. The van der Waals surface area contributed by atoms with Crippen molar-refractivity contribution in [3.63, 3.8) is 0 Å². The van der Waals surface area contributed by atoms with Crippen molar-refractivity contribution in [3.05, 3.63) is 23.8 Å². The Kier molecular flexibility index (Phi) is 8.00. The standard InChI is InChI=1S/C24H32F3N7O3/c1-33-19-7-6-14(10-18(19)31-32-33)12-30-22(36)20-11-16(24(25,26)27)13-34(20)23(37)17(28)8-9-29-21(35)15-4-2-3-5-15/h6-7,10,15-17,20H,2-5,8-9,11-13,28H2,1H3,(H,29,35)(H,30,36). The summed E-state index contributed by atoms with van der Waals surface area (Å²) in [6, 6.07) is 2.85. The van der Waals surface area contributed by atoms with Crippen LogP contribution in [0, 0.1) is 11.8 Å². The predicted octanol–water partition coefficient (Wildman–Crippen LogP) is 1.39. The number of halogens is 3. The monoisotopic (exact) mass is 523 g/mol. The number of nitrogens with one attached hydrogen (secondary N) is 2. The van der Waals surface area contributed by atoms with Crippen molar-refractivity contribution in [2.24, 2.45) is 24.6 Å².